The van der Waals surface area contributed by atoms with Crippen LogP contribution < -0.4 is 16.0 Å². The van der Waals surface area contributed by atoms with Crippen molar-refractivity contribution in [2.24, 2.45) is 5.73 Å². The molecule has 1 saturated heterocycles. The molecule has 1 aromatic heterocycles. The second kappa shape index (κ2) is 6.62. The van der Waals surface area contributed by atoms with Crippen LogP contribution in [0.3, 0.4) is 0 Å². The maximum absolute atomic E-state index is 12.2. The molecule has 1 aliphatic carbocycles. The second-order valence-corrected chi connectivity index (χ2v) is 6.17. The van der Waals surface area contributed by atoms with E-state index < -0.39 is 5.54 Å². The highest BCUT2D eigenvalue weighted by molar-refractivity contribution is 5.86. The zero-order chi connectivity index (χ0) is 15.4. The van der Waals surface area contributed by atoms with Crippen molar-refractivity contribution in [3.8, 4) is 0 Å². The maximum atomic E-state index is 12.2. The molecule has 0 spiro atoms. The Morgan fingerprint density at radius 2 is 2.05 bits per heavy atom. The number of anilines is 1. The molecule has 120 valence electrons. The van der Waals surface area contributed by atoms with Gasteiger partial charge in [-0.05, 0) is 24.5 Å². The minimum atomic E-state index is -0.666. The van der Waals surface area contributed by atoms with Gasteiger partial charge in [0.1, 0.15) is 5.82 Å². The van der Waals surface area contributed by atoms with Crippen LogP contribution in [-0.4, -0.2) is 42.7 Å². The Bertz CT molecular complexity index is 505. The number of nitrogens with two attached hydrogens (primary N) is 1. The van der Waals surface area contributed by atoms with Gasteiger partial charge in [-0.2, -0.15) is 0 Å². The number of carbonyl (C=O) groups excluding carboxylic acids is 1. The summed E-state index contributed by atoms with van der Waals surface area (Å²) in [5.74, 6) is 0.923. The van der Waals surface area contributed by atoms with E-state index in [1.165, 1.54) is 0 Å². The summed E-state index contributed by atoms with van der Waals surface area (Å²) in [6, 6.07) is 4.01. The van der Waals surface area contributed by atoms with E-state index >= 15 is 0 Å². The topological polar surface area (TPSA) is 80.5 Å². The molecule has 0 atom stereocenters. The van der Waals surface area contributed by atoms with Crippen LogP contribution in [-0.2, 0) is 16.1 Å². The highest BCUT2D eigenvalue weighted by atomic mass is 16.5. The SMILES string of the molecule is NC1(C(=O)NCc2ccc(N3CCOCC3)nc2)CCCC1. The third-order valence-corrected chi connectivity index (χ3v) is 4.55. The van der Waals surface area contributed by atoms with Crippen LogP contribution in [0.5, 0.6) is 0 Å². The van der Waals surface area contributed by atoms with E-state index in [0.29, 0.717) is 6.54 Å². The standard InChI is InChI=1S/C16H24N4O2/c17-16(5-1-2-6-16)15(21)19-12-13-3-4-14(18-11-13)20-7-9-22-10-8-20/h3-4,11H,1-2,5-10,12,17H2,(H,19,21). The molecule has 2 fully saturated rings. The Morgan fingerprint density at radius 3 is 2.68 bits per heavy atom. The average Bonchev–Trinajstić information content (AvgIpc) is 3.02. The maximum Gasteiger partial charge on any atom is 0.240 e. The van der Waals surface area contributed by atoms with Crippen LogP contribution in [0.1, 0.15) is 31.2 Å². The predicted molar refractivity (Wildman–Crippen MR) is 84.5 cm³/mol. The monoisotopic (exact) mass is 304 g/mol. The number of rotatable bonds is 4. The number of nitrogens with one attached hydrogen (secondary N) is 1. The van der Waals surface area contributed by atoms with Gasteiger partial charge < -0.3 is 20.7 Å². The molecule has 22 heavy (non-hydrogen) atoms. The predicted octanol–water partition coefficient (Wildman–Crippen LogP) is 0.806. The number of carbonyl (C=O) groups is 1. The summed E-state index contributed by atoms with van der Waals surface area (Å²) < 4.78 is 5.34. The van der Waals surface area contributed by atoms with Crippen LogP contribution in [0.4, 0.5) is 5.82 Å². The number of hydrogen-bond donors (Lipinski definition) is 2. The molecule has 6 heteroatoms. The molecule has 3 N–H and O–H groups in total. The van der Waals surface area contributed by atoms with Crippen LogP contribution in [0.2, 0.25) is 0 Å². The minimum Gasteiger partial charge on any atom is -0.378 e. The minimum absolute atomic E-state index is 0.0396. The summed E-state index contributed by atoms with van der Waals surface area (Å²) in [6.07, 6.45) is 5.47. The fraction of sp³-hybridized carbons (Fsp3) is 0.625. The molecule has 2 aliphatic rings. The molecule has 6 nitrogen and oxygen atoms in total. The molecule has 0 unspecified atom stereocenters. The Morgan fingerprint density at radius 1 is 1.32 bits per heavy atom. The average molecular weight is 304 g/mol. The van der Waals surface area contributed by atoms with Crippen LogP contribution in [0.15, 0.2) is 18.3 Å². The Kier molecular flexibility index (Phi) is 4.59. The first-order valence-electron chi connectivity index (χ1n) is 8.02. The summed E-state index contributed by atoms with van der Waals surface area (Å²) in [4.78, 5) is 18.9. The van der Waals surface area contributed by atoms with Gasteiger partial charge in [0.2, 0.25) is 5.91 Å². The summed E-state index contributed by atoms with van der Waals surface area (Å²) in [6.45, 7) is 3.72. The highest BCUT2D eigenvalue weighted by Crippen LogP contribution is 2.27. The number of amides is 1. The Balaban J connectivity index is 1.53. The zero-order valence-corrected chi connectivity index (χ0v) is 12.9. The van der Waals surface area contributed by atoms with E-state index in [-0.39, 0.29) is 5.91 Å². The van der Waals surface area contributed by atoms with Gasteiger partial charge in [0, 0.05) is 25.8 Å². The van der Waals surface area contributed by atoms with Gasteiger partial charge in [-0.3, -0.25) is 4.79 Å². The van der Waals surface area contributed by atoms with Crippen molar-refractivity contribution in [3.05, 3.63) is 23.9 Å². The number of ether oxygens (including phenoxy) is 1. The number of morpholine rings is 1. The quantitative estimate of drug-likeness (QED) is 0.860. The number of aromatic nitrogens is 1. The normalized spacial score (nSPS) is 20.9. The molecule has 0 radical (unpaired) electrons. The summed E-state index contributed by atoms with van der Waals surface area (Å²) in [5.41, 5.74) is 6.47. The molecule has 0 aromatic carbocycles. The fourth-order valence-electron chi connectivity index (χ4n) is 3.09. The molecule has 1 amide bonds. The van der Waals surface area contributed by atoms with Crippen LogP contribution in [0.25, 0.3) is 0 Å². The van der Waals surface area contributed by atoms with Gasteiger partial charge in [0.25, 0.3) is 0 Å². The Labute approximate surface area is 131 Å². The molecule has 1 aromatic rings. The molecular formula is C16H24N4O2. The fourth-order valence-corrected chi connectivity index (χ4v) is 3.09. The van der Waals surface area contributed by atoms with Crippen LogP contribution >= 0.6 is 0 Å². The zero-order valence-electron chi connectivity index (χ0n) is 12.9. The van der Waals surface area contributed by atoms with Gasteiger partial charge in [-0.25, -0.2) is 4.98 Å². The summed E-state index contributed by atoms with van der Waals surface area (Å²) >= 11 is 0. The van der Waals surface area contributed by atoms with Gasteiger partial charge in [0.05, 0.1) is 18.8 Å². The van der Waals surface area contributed by atoms with Crippen molar-refractivity contribution in [1.29, 1.82) is 0 Å². The lowest BCUT2D eigenvalue weighted by Gasteiger charge is -2.27. The van der Waals surface area contributed by atoms with E-state index in [9.17, 15) is 4.79 Å². The molecule has 1 saturated carbocycles. The van der Waals surface area contributed by atoms with Gasteiger partial charge in [-0.1, -0.05) is 18.9 Å². The number of hydrogen-bond acceptors (Lipinski definition) is 5. The number of pyridine rings is 1. The van der Waals surface area contributed by atoms with Crippen molar-refractivity contribution in [2.45, 2.75) is 37.8 Å². The molecule has 0 bridgehead atoms. The lowest BCUT2D eigenvalue weighted by Crippen LogP contribution is -2.51. The third-order valence-electron chi connectivity index (χ3n) is 4.55. The first-order valence-corrected chi connectivity index (χ1v) is 8.02. The van der Waals surface area contributed by atoms with E-state index in [0.717, 1.165) is 63.4 Å². The van der Waals surface area contributed by atoms with Crippen molar-refractivity contribution in [1.82, 2.24) is 10.3 Å². The largest absolute Gasteiger partial charge is 0.378 e. The highest BCUT2D eigenvalue weighted by Gasteiger charge is 2.36. The van der Waals surface area contributed by atoms with Crippen LogP contribution in [0, 0.1) is 0 Å². The lowest BCUT2D eigenvalue weighted by atomic mass is 9.98. The van der Waals surface area contributed by atoms with E-state index in [4.69, 9.17) is 10.5 Å². The second-order valence-electron chi connectivity index (χ2n) is 6.17. The lowest BCUT2D eigenvalue weighted by molar-refractivity contribution is -0.126. The van der Waals surface area contributed by atoms with Gasteiger partial charge >= 0.3 is 0 Å². The van der Waals surface area contributed by atoms with Crippen molar-refractivity contribution >= 4 is 11.7 Å². The van der Waals surface area contributed by atoms with E-state index in [1.807, 2.05) is 18.3 Å². The summed E-state index contributed by atoms with van der Waals surface area (Å²) in [5, 5.41) is 2.94. The van der Waals surface area contributed by atoms with Crippen molar-refractivity contribution in [3.63, 3.8) is 0 Å². The Hall–Kier alpha value is -1.66. The van der Waals surface area contributed by atoms with E-state index in [2.05, 4.69) is 15.2 Å². The third kappa shape index (κ3) is 3.39. The van der Waals surface area contributed by atoms with Crippen molar-refractivity contribution in [2.75, 3.05) is 31.2 Å². The smallest absolute Gasteiger partial charge is 0.240 e. The van der Waals surface area contributed by atoms with Crippen molar-refractivity contribution < 1.29 is 9.53 Å². The molecule has 2 heterocycles. The van der Waals surface area contributed by atoms with E-state index in [1.54, 1.807) is 0 Å². The van der Waals surface area contributed by atoms with Gasteiger partial charge in [-0.15, -0.1) is 0 Å². The summed E-state index contributed by atoms with van der Waals surface area (Å²) in [7, 11) is 0. The number of nitrogens with zero attached hydrogens (tertiary/aromatic N) is 2. The molecular weight excluding hydrogens is 280 g/mol. The van der Waals surface area contributed by atoms with Gasteiger partial charge in [0.15, 0.2) is 0 Å². The first-order chi connectivity index (χ1) is 10.7. The molecule has 1 aliphatic heterocycles. The first kappa shape index (κ1) is 15.2. The molecule has 3 rings (SSSR count).